The number of benzene rings is 2. The van der Waals surface area contributed by atoms with Gasteiger partial charge in [-0.25, -0.2) is 0 Å². The van der Waals surface area contributed by atoms with Crippen LogP contribution in [0.4, 0.5) is 0 Å². The number of amidine groups is 1. The molecule has 0 unspecified atom stereocenters. The summed E-state index contributed by atoms with van der Waals surface area (Å²) in [7, 11) is -0.830. The summed E-state index contributed by atoms with van der Waals surface area (Å²) in [6.07, 6.45) is 4.16. The lowest BCUT2D eigenvalue weighted by atomic mass is 10.2. The van der Waals surface area contributed by atoms with Gasteiger partial charge >= 0.3 is 0 Å². The highest BCUT2D eigenvalue weighted by Crippen LogP contribution is 2.35. The van der Waals surface area contributed by atoms with Crippen molar-refractivity contribution < 1.29 is 27.4 Å². The second-order valence-electron chi connectivity index (χ2n) is 7.69. The minimum atomic E-state index is -3.98. The Labute approximate surface area is 211 Å². The maximum absolute atomic E-state index is 13.2. The number of carbonyl (C=O) groups excluding carboxylic acids is 1. The van der Waals surface area contributed by atoms with Gasteiger partial charge in [-0.05, 0) is 60.5 Å². The van der Waals surface area contributed by atoms with Crippen LogP contribution in [-0.4, -0.2) is 58.4 Å². The first-order valence-electron chi connectivity index (χ1n) is 11.3. The molecule has 1 fully saturated rings. The molecule has 1 aliphatic rings. The Balaban J connectivity index is 1.93. The van der Waals surface area contributed by atoms with E-state index in [1.807, 2.05) is 6.07 Å². The fraction of sp³-hybridized carbons (Fsp3) is 0.360. The number of thioether (sulfide) groups is 1. The van der Waals surface area contributed by atoms with Gasteiger partial charge in [0.2, 0.25) is 0 Å². The summed E-state index contributed by atoms with van der Waals surface area (Å²) in [5.74, 6) is 0.881. The molecular formula is C25H30N2O6S2. The van der Waals surface area contributed by atoms with Crippen molar-refractivity contribution in [3.63, 3.8) is 0 Å². The summed E-state index contributed by atoms with van der Waals surface area (Å²) < 4.78 is 46.1. The summed E-state index contributed by atoms with van der Waals surface area (Å²) in [6, 6.07) is 13.3. The average molecular weight is 519 g/mol. The van der Waals surface area contributed by atoms with E-state index in [0.717, 1.165) is 30.2 Å². The van der Waals surface area contributed by atoms with Crippen LogP contribution >= 0.6 is 11.8 Å². The SMILES string of the molecule is CCCCOc1cc(/C=C2\SC(=NS(=O)(=O)c3ccccc3)N(CCCOC)C2=O)ccc1OC. The molecule has 3 rings (SSSR count). The van der Waals surface area contributed by atoms with E-state index >= 15 is 0 Å². The van der Waals surface area contributed by atoms with Crippen LogP contribution in [0.1, 0.15) is 31.7 Å². The Bertz CT molecular complexity index is 1180. The van der Waals surface area contributed by atoms with Gasteiger partial charge in [0.05, 0.1) is 23.5 Å². The second kappa shape index (κ2) is 12.8. The van der Waals surface area contributed by atoms with E-state index < -0.39 is 10.0 Å². The lowest BCUT2D eigenvalue weighted by Gasteiger charge is -2.15. The van der Waals surface area contributed by atoms with E-state index in [9.17, 15) is 13.2 Å². The zero-order chi connectivity index (χ0) is 25.3. The third-order valence-corrected chi connectivity index (χ3v) is 7.50. The number of sulfonamides is 1. The first kappa shape index (κ1) is 26.8. The standard InChI is InChI=1S/C25H30N2O6S2/c1-4-5-16-33-22-17-19(12-13-21(22)32-3)18-23-24(28)27(14-9-15-31-2)25(34-23)26-35(29,30)20-10-7-6-8-11-20/h6-8,10-13,17-18H,4-5,9,14-16H2,1-3H3/b23-18-,26-25?. The van der Waals surface area contributed by atoms with Crippen molar-refractivity contribution in [2.45, 2.75) is 31.1 Å². The van der Waals surface area contributed by atoms with E-state index in [1.54, 1.807) is 50.6 Å². The van der Waals surface area contributed by atoms with Gasteiger partial charge in [0.1, 0.15) is 0 Å². The number of ether oxygens (including phenoxy) is 3. The van der Waals surface area contributed by atoms with Gasteiger partial charge in [-0.2, -0.15) is 8.42 Å². The van der Waals surface area contributed by atoms with Crippen LogP contribution in [0.2, 0.25) is 0 Å². The molecule has 0 bridgehead atoms. The molecule has 2 aromatic carbocycles. The maximum Gasteiger partial charge on any atom is 0.284 e. The molecule has 0 aromatic heterocycles. The molecule has 2 aromatic rings. The first-order chi connectivity index (χ1) is 16.9. The molecule has 0 atom stereocenters. The van der Waals surface area contributed by atoms with E-state index in [1.165, 1.54) is 17.0 Å². The van der Waals surface area contributed by atoms with Gasteiger partial charge in [-0.1, -0.05) is 37.6 Å². The molecule has 1 amide bonds. The van der Waals surface area contributed by atoms with E-state index in [2.05, 4.69) is 11.3 Å². The van der Waals surface area contributed by atoms with E-state index in [4.69, 9.17) is 14.2 Å². The molecule has 1 heterocycles. The molecule has 0 radical (unpaired) electrons. The molecule has 188 valence electrons. The number of unbranched alkanes of at least 4 members (excludes halogenated alkanes) is 1. The summed E-state index contributed by atoms with van der Waals surface area (Å²) >= 11 is 1.03. The molecular weight excluding hydrogens is 488 g/mol. The summed E-state index contributed by atoms with van der Waals surface area (Å²) in [5, 5.41) is 0.120. The zero-order valence-corrected chi connectivity index (χ0v) is 21.7. The number of amides is 1. The van der Waals surface area contributed by atoms with Crippen LogP contribution in [0.3, 0.4) is 0 Å². The van der Waals surface area contributed by atoms with Gasteiger partial charge in [-0.15, -0.1) is 4.40 Å². The van der Waals surface area contributed by atoms with Gasteiger partial charge < -0.3 is 14.2 Å². The van der Waals surface area contributed by atoms with Gasteiger partial charge in [-0.3, -0.25) is 9.69 Å². The van der Waals surface area contributed by atoms with Crippen LogP contribution in [-0.2, 0) is 19.6 Å². The van der Waals surface area contributed by atoms with Crippen LogP contribution < -0.4 is 9.47 Å². The van der Waals surface area contributed by atoms with Gasteiger partial charge in [0, 0.05) is 20.3 Å². The number of methoxy groups -OCH3 is 2. The van der Waals surface area contributed by atoms with Crippen molar-refractivity contribution in [3.8, 4) is 11.5 Å². The monoisotopic (exact) mass is 518 g/mol. The second-order valence-corrected chi connectivity index (χ2v) is 10.3. The summed E-state index contributed by atoms with van der Waals surface area (Å²) in [5.41, 5.74) is 0.733. The Morgan fingerprint density at radius 3 is 2.49 bits per heavy atom. The fourth-order valence-electron chi connectivity index (χ4n) is 3.26. The van der Waals surface area contributed by atoms with Crippen LogP contribution in [0.15, 0.2) is 62.7 Å². The third kappa shape index (κ3) is 7.09. The molecule has 1 saturated heterocycles. The van der Waals surface area contributed by atoms with E-state index in [0.29, 0.717) is 36.0 Å². The van der Waals surface area contributed by atoms with Crippen LogP contribution in [0.5, 0.6) is 11.5 Å². The Hall–Kier alpha value is -2.82. The van der Waals surface area contributed by atoms with Crippen LogP contribution in [0, 0.1) is 0 Å². The predicted molar refractivity (Wildman–Crippen MR) is 138 cm³/mol. The number of carbonyl (C=O) groups is 1. The zero-order valence-electron chi connectivity index (χ0n) is 20.1. The van der Waals surface area contributed by atoms with Crippen molar-refractivity contribution >= 4 is 38.9 Å². The highest BCUT2D eigenvalue weighted by molar-refractivity contribution is 8.19. The molecule has 0 aliphatic carbocycles. The lowest BCUT2D eigenvalue weighted by Crippen LogP contribution is -2.31. The summed E-state index contributed by atoms with van der Waals surface area (Å²) in [4.78, 5) is 15.0. The average Bonchev–Trinajstić information content (AvgIpc) is 3.13. The number of hydrogen-bond donors (Lipinski definition) is 0. The van der Waals surface area contributed by atoms with Crippen molar-refractivity contribution in [2.75, 3.05) is 34.0 Å². The largest absolute Gasteiger partial charge is 0.493 e. The molecule has 8 nitrogen and oxygen atoms in total. The van der Waals surface area contributed by atoms with E-state index in [-0.39, 0.29) is 22.5 Å². The topological polar surface area (TPSA) is 94.5 Å². The Morgan fingerprint density at radius 1 is 1.03 bits per heavy atom. The third-order valence-electron chi connectivity index (χ3n) is 5.10. The summed E-state index contributed by atoms with van der Waals surface area (Å²) in [6.45, 7) is 3.36. The minimum absolute atomic E-state index is 0.0684. The van der Waals surface area contributed by atoms with Gasteiger partial charge in [0.15, 0.2) is 16.7 Å². The molecule has 0 N–H and O–H groups in total. The highest BCUT2D eigenvalue weighted by atomic mass is 32.2. The maximum atomic E-state index is 13.2. The first-order valence-corrected chi connectivity index (χ1v) is 13.6. The smallest absolute Gasteiger partial charge is 0.284 e. The van der Waals surface area contributed by atoms with Crippen molar-refractivity contribution in [1.29, 1.82) is 0 Å². The van der Waals surface area contributed by atoms with Gasteiger partial charge in [0.25, 0.3) is 15.9 Å². The number of rotatable bonds is 12. The number of nitrogens with zero attached hydrogens (tertiary/aromatic N) is 2. The minimum Gasteiger partial charge on any atom is -0.493 e. The number of hydrogen-bond acceptors (Lipinski definition) is 7. The Morgan fingerprint density at radius 2 is 1.80 bits per heavy atom. The predicted octanol–water partition coefficient (Wildman–Crippen LogP) is 4.57. The fourth-order valence-corrected chi connectivity index (χ4v) is 5.49. The molecule has 35 heavy (non-hydrogen) atoms. The van der Waals surface area contributed by atoms with Crippen LogP contribution in [0.25, 0.3) is 6.08 Å². The van der Waals surface area contributed by atoms with Crippen molar-refractivity contribution in [2.24, 2.45) is 4.40 Å². The lowest BCUT2D eigenvalue weighted by molar-refractivity contribution is -0.122. The molecule has 0 saturated carbocycles. The van der Waals surface area contributed by atoms with Crippen molar-refractivity contribution in [3.05, 3.63) is 59.0 Å². The quantitative estimate of drug-likeness (QED) is 0.300. The molecule has 0 spiro atoms. The van der Waals surface area contributed by atoms with Crippen molar-refractivity contribution in [1.82, 2.24) is 4.90 Å². The molecule has 10 heteroatoms. The Kier molecular flexibility index (Phi) is 9.76. The molecule has 1 aliphatic heterocycles. The highest BCUT2D eigenvalue weighted by Gasteiger charge is 2.34. The normalized spacial score (nSPS) is 16.3.